The monoisotopic (exact) mass is 518 g/mol. The van der Waals surface area contributed by atoms with Gasteiger partial charge in [-0.3, -0.25) is 9.89 Å². The molecule has 0 fully saturated rings. The highest BCUT2D eigenvalue weighted by Crippen LogP contribution is 2.35. The lowest BCUT2D eigenvalue weighted by molar-refractivity contribution is -0.134. The summed E-state index contributed by atoms with van der Waals surface area (Å²) >= 11 is 0. The number of fused-ring (bicyclic) bond motifs is 1. The van der Waals surface area contributed by atoms with Crippen molar-refractivity contribution in [3.8, 4) is 28.4 Å². The highest BCUT2D eigenvalue weighted by Gasteiger charge is 2.23. The Hall–Kier alpha value is -4.02. The highest BCUT2D eigenvalue weighted by atomic mass is 19.1. The average molecular weight is 519 g/mol. The molecule has 0 radical (unpaired) electrons. The zero-order valence-corrected chi connectivity index (χ0v) is 21.7. The van der Waals surface area contributed by atoms with Crippen LogP contribution in [0.15, 0.2) is 42.6 Å². The zero-order valence-electron chi connectivity index (χ0n) is 21.7. The number of carbonyl (C=O) groups is 1. The van der Waals surface area contributed by atoms with Crippen LogP contribution in [0.25, 0.3) is 39.1 Å². The highest BCUT2D eigenvalue weighted by molar-refractivity contribution is 5.95. The number of aryl methyl sites for hydroxylation is 1. The summed E-state index contributed by atoms with van der Waals surface area (Å²) in [5.41, 5.74) is 4.56. The zero-order chi connectivity index (χ0) is 26.8. The lowest BCUT2D eigenvalue weighted by Gasteiger charge is -2.17. The molecular formula is C28H31FN6O3. The maximum absolute atomic E-state index is 15.6. The second-order valence-corrected chi connectivity index (χ2v) is 9.62. The molecule has 0 bridgehead atoms. The number of likely N-dealkylation sites (N-methyl/N-ethyl adjacent to an activating group) is 1. The molecule has 4 aromatic rings. The number of aromatic amines is 2. The van der Waals surface area contributed by atoms with Crippen molar-refractivity contribution in [1.82, 2.24) is 30.0 Å². The van der Waals surface area contributed by atoms with E-state index in [0.717, 1.165) is 28.9 Å². The second kappa shape index (κ2) is 10.8. The molecule has 10 heteroatoms. The SMILES string of the molecule is CCc1cc(O)ccc1-c1ccc2c(-c3ncc(C4=CCN(C(=O)COCCN(C)C)C4)[nH]3)[nH]nc2c1F. The maximum atomic E-state index is 15.6. The molecule has 1 aliphatic heterocycles. The first-order valence-electron chi connectivity index (χ1n) is 12.6. The first-order chi connectivity index (χ1) is 18.4. The molecule has 38 heavy (non-hydrogen) atoms. The molecule has 3 N–H and O–H groups in total. The first-order valence-corrected chi connectivity index (χ1v) is 12.6. The van der Waals surface area contributed by atoms with Gasteiger partial charge in [-0.25, -0.2) is 9.37 Å². The van der Waals surface area contributed by atoms with Crippen molar-refractivity contribution in [2.45, 2.75) is 13.3 Å². The van der Waals surface area contributed by atoms with Gasteiger partial charge in [-0.05, 0) is 55.4 Å². The Balaban J connectivity index is 1.32. The minimum Gasteiger partial charge on any atom is -0.508 e. The molecule has 0 saturated carbocycles. The number of benzene rings is 2. The number of ether oxygens (including phenoxy) is 1. The van der Waals surface area contributed by atoms with Gasteiger partial charge in [0.15, 0.2) is 11.6 Å². The summed E-state index contributed by atoms with van der Waals surface area (Å²) in [4.78, 5) is 24.0. The van der Waals surface area contributed by atoms with Gasteiger partial charge in [0.1, 0.15) is 23.6 Å². The first kappa shape index (κ1) is 25.6. The lowest BCUT2D eigenvalue weighted by atomic mass is 9.96. The number of hydrogen-bond acceptors (Lipinski definition) is 6. The van der Waals surface area contributed by atoms with Crippen LogP contribution in [0.2, 0.25) is 0 Å². The van der Waals surface area contributed by atoms with E-state index in [1.807, 2.05) is 38.1 Å². The number of H-pyrrole nitrogens is 2. The Morgan fingerprint density at radius 3 is 2.84 bits per heavy atom. The van der Waals surface area contributed by atoms with Crippen LogP contribution in [0.4, 0.5) is 4.39 Å². The summed E-state index contributed by atoms with van der Waals surface area (Å²) in [5.74, 6) is 0.199. The van der Waals surface area contributed by atoms with E-state index in [1.165, 1.54) is 0 Å². The summed E-state index contributed by atoms with van der Waals surface area (Å²) < 4.78 is 21.1. The van der Waals surface area contributed by atoms with Crippen molar-refractivity contribution >= 4 is 22.4 Å². The third kappa shape index (κ3) is 5.05. The number of aromatic nitrogens is 4. The third-order valence-corrected chi connectivity index (χ3v) is 6.76. The van der Waals surface area contributed by atoms with Crippen LogP contribution in [-0.2, 0) is 16.0 Å². The Bertz CT molecular complexity index is 1510. The summed E-state index contributed by atoms with van der Waals surface area (Å²) in [5, 5.41) is 17.6. The average Bonchev–Trinajstić information content (AvgIpc) is 3.66. The molecule has 198 valence electrons. The van der Waals surface area contributed by atoms with Gasteiger partial charge in [-0.2, -0.15) is 5.10 Å². The number of amides is 1. The van der Waals surface area contributed by atoms with Crippen LogP contribution >= 0.6 is 0 Å². The van der Waals surface area contributed by atoms with Crippen molar-refractivity contribution in [2.75, 3.05) is 46.9 Å². The summed E-state index contributed by atoms with van der Waals surface area (Å²) in [7, 11) is 3.92. The van der Waals surface area contributed by atoms with E-state index in [4.69, 9.17) is 4.74 Å². The number of aromatic hydroxyl groups is 1. The van der Waals surface area contributed by atoms with Gasteiger partial charge in [-0.15, -0.1) is 0 Å². The number of hydrogen-bond donors (Lipinski definition) is 3. The standard InChI is InChI=1S/C28H31FN6O3/c1-4-17-13-19(36)5-6-20(17)21-7-8-22-26(25(21)29)32-33-27(22)28-30-14-23(31-28)18-9-10-35(15-18)24(37)16-38-12-11-34(2)3/h5-9,13-14,36H,4,10-12,15-16H2,1-3H3,(H,30,31)(H,32,33). The van der Waals surface area contributed by atoms with E-state index >= 15 is 4.39 Å². The predicted molar refractivity (Wildman–Crippen MR) is 144 cm³/mol. The number of imidazole rings is 1. The molecule has 2 aromatic carbocycles. The minimum absolute atomic E-state index is 0.0551. The summed E-state index contributed by atoms with van der Waals surface area (Å²) in [6.45, 7) is 4.26. The van der Waals surface area contributed by atoms with Gasteiger partial charge in [-0.1, -0.05) is 25.1 Å². The summed E-state index contributed by atoms with van der Waals surface area (Å²) in [6, 6.07) is 8.50. The molecule has 2 aromatic heterocycles. The molecule has 0 atom stereocenters. The number of nitrogens with zero attached hydrogens (tertiary/aromatic N) is 4. The van der Waals surface area contributed by atoms with Crippen LogP contribution in [0, 0.1) is 5.82 Å². The molecule has 1 amide bonds. The van der Waals surface area contributed by atoms with Gasteiger partial charge in [0.05, 0.1) is 18.5 Å². The molecular weight excluding hydrogens is 487 g/mol. The number of halogens is 1. The third-order valence-electron chi connectivity index (χ3n) is 6.76. The van der Waals surface area contributed by atoms with Gasteiger partial charge < -0.3 is 24.6 Å². The van der Waals surface area contributed by atoms with E-state index in [1.54, 1.807) is 35.4 Å². The summed E-state index contributed by atoms with van der Waals surface area (Å²) in [6.07, 6.45) is 4.36. The van der Waals surface area contributed by atoms with Crippen LogP contribution < -0.4 is 0 Å². The second-order valence-electron chi connectivity index (χ2n) is 9.62. The van der Waals surface area contributed by atoms with Gasteiger partial charge in [0.25, 0.3) is 0 Å². The van der Waals surface area contributed by atoms with Crippen LogP contribution in [0.1, 0.15) is 18.2 Å². The van der Waals surface area contributed by atoms with Crippen LogP contribution in [0.3, 0.4) is 0 Å². The minimum atomic E-state index is -0.433. The normalized spacial score (nSPS) is 13.6. The van der Waals surface area contributed by atoms with E-state index in [2.05, 4.69) is 20.2 Å². The van der Waals surface area contributed by atoms with Crippen molar-refractivity contribution in [3.63, 3.8) is 0 Å². The van der Waals surface area contributed by atoms with E-state index < -0.39 is 5.82 Å². The molecule has 9 nitrogen and oxygen atoms in total. The smallest absolute Gasteiger partial charge is 0.249 e. The van der Waals surface area contributed by atoms with Crippen molar-refractivity contribution in [3.05, 3.63) is 59.7 Å². The number of carbonyl (C=O) groups excluding carboxylic acids is 1. The quantitative estimate of drug-likeness (QED) is 0.291. The molecule has 5 rings (SSSR count). The predicted octanol–water partition coefficient (Wildman–Crippen LogP) is 3.83. The Morgan fingerprint density at radius 2 is 2.05 bits per heavy atom. The van der Waals surface area contributed by atoms with Crippen molar-refractivity contribution in [1.29, 1.82) is 0 Å². The Labute approximate surface area is 219 Å². The number of phenolic OH excluding ortho intramolecular Hbond substituents is 1. The van der Waals surface area contributed by atoms with Crippen LogP contribution in [0.5, 0.6) is 5.75 Å². The number of phenols is 1. The maximum Gasteiger partial charge on any atom is 0.249 e. The van der Waals surface area contributed by atoms with Crippen molar-refractivity contribution < 1.29 is 19.0 Å². The number of rotatable bonds is 9. The molecule has 0 spiro atoms. The molecule has 0 unspecified atom stereocenters. The van der Waals surface area contributed by atoms with Crippen LogP contribution in [-0.4, -0.2) is 87.9 Å². The van der Waals surface area contributed by atoms with E-state index in [0.29, 0.717) is 48.6 Å². The fraction of sp³-hybridized carbons (Fsp3) is 0.321. The van der Waals surface area contributed by atoms with E-state index in [9.17, 15) is 9.90 Å². The lowest BCUT2D eigenvalue weighted by Crippen LogP contribution is -2.33. The topological polar surface area (TPSA) is 110 Å². The Morgan fingerprint density at radius 1 is 1.24 bits per heavy atom. The largest absolute Gasteiger partial charge is 0.508 e. The Kier molecular flexibility index (Phi) is 7.26. The van der Waals surface area contributed by atoms with Gasteiger partial charge in [0, 0.05) is 30.6 Å². The fourth-order valence-corrected chi connectivity index (χ4v) is 4.62. The fourth-order valence-electron chi connectivity index (χ4n) is 4.62. The molecule has 1 aliphatic rings. The van der Waals surface area contributed by atoms with Gasteiger partial charge in [0.2, 0.25) is 5.91 Å². The molecule has 0 aliphatic carbocycles. The van der Waals surface area contributed by atoms with E-state index in [-0.39, 0.29) is 23.8 Å². The molecule has 3 heterocycles. The molecule has 0 saturated heterocycles. The van der Waals surface area contributed by atoms with Crippen molar-refractivity contribution in [2.24, 2.45) is 0 Å². The number of nitrogens with one attached hydrogen (secondary N) is 2. The van der Waals surface area contributed by atoms with Gasteiger partial charge >= 0.3 is 0 Å².